The Labute approximate surface area is 94.5 Å². The first-order valence-corrected chi connectivity index (χ1v) is 5.75. The lowest BCUT2D eigenvalue weighted by molar-refractivity contribution is 0.477. The van der Waals surface area contributed by atoms with Gasteiger partial charge in [-0.3, -0.25) is 0 Å². The molecule has 0 aromatic heterocycles. The smallest absolute Gasteiger partial charge is 0.127 e. The summed E-state index contributed by atoms with van der Waals surface area (Å²) in [6, 6.07) is 0. The molecule has 0 amide bonds. The van der Waals surface area contributed by atoms with Gasteiger partial charge in [-0.1, -0.05) is 54.6 Å². The van der Waals surface area contributed by atoms with Gasteiger partial charge in [0.2, 0.25) is 0 Å². The van der Waals surface area contributed by atoms with Crippen LogP contribution in [0.3, 0.4) is 0 Å². The molecule has 0 bridgehead atoms. The molecule has 0 aromatic rings. The molecular formula is C8H14Cl4. The summed E-state index contributed by atoms with van der Waals surface area (Å²) in [5.74, 6) is 1.18. The Morgan fingerprint density at radius 3 is 2.17 bits per heavy atom. The van der Waals surface area contributed by atoms with Crippen molar-refractivity contribution in [2.24, 2.45) is 5.92 Å². The topological polar surface area (TPSA) is 0 Å². The van der Waals surface area contributed by atoms with Crippen molar-refractivity contribution in [1.82, 2.24) is 0 Å². The quantitative estimate of drug-likeness (QED) is 0.487. The second kappa shape index (κ2) is 6.59. The van der Waals surface area contributed by atoms with Crippen LogP contribution in [0.2, 0.25) is 0 Å². The first-order valence-electron chi connectivity index (χ1n) is 4.08. The van der Waals surface area contributed by atoms with Crippen molar-refractivity contribution in [3.05, 3.63) is 0 Å². The molecule has 0 nitrogen and oxygen atoms in total. The van der Waals surface area contributed by atoms with Crippen LogP contribution in [-0.2, 0) is 0 Å². The standard InChI is InChI=1S/C8H14Cl4/c1-7(4-2-3-5-9)6-8(10,11)12/h7H,2-6H2,1H3. The summed E-state index contributed by atoms with van der Waals surface area (Å²) in [7, 11) is 0. The highest BCUT2D eigenvalue weighted by Gasteiger charge is 2.22. The van der Waals surface area contributed by atoms with Gasteiger partial charge in [-0.05, 0) is 18.8 Å². The van der Waals surface area contributed by atoms with E-state index in [9.17, 15) is 0 Å². The van der Waals surface area contributed by atoms with Crippen molar-refractivity contribution >= 4 is 46.4 Å². The summed E-state index contributed by atoms with van der Waals surface area (Å²) in [4.78, 5) is 0. The lowest BCUT2D eigenvalue weighted by Gasteiger charge is -2.16. The van der Waals surface area contributed by atoms with Crippen LogP contribution in [0.15, 0.2) is 0 Å². The third-order valence-corrected chi connectivity index (χ3v) is 2.39. The monoisotopic (exact) mass is 250 g/mol. The Morgan fingerprint density at radius 1 is 1.17 bits per heavy atom. The van der Waals surface area contributed by atoms with E-state index in [0.29, 0.717) is 12.3 Å². The van der Waals surface area contributed by atoms with Crippen LogP contribution in [0.25, 0.3) is 0 Å². The highest BCUT2D eigenvalue weighted by atomic mass is 35.6. The Hall–Kier alpha value is 1.16. The van der Waals surface area contributed by atoms with Gasteiger partial charge in [-0.15, -0.1) is 11.6 Å². The van der Waals surface area contributed by atoms with E-state index in [1.54, 1.807) is 0 Å². The third-order valence-electron chi connectivity index (χ3n) is 1.66. The van der Waals surface area contributed by atoms with E-state index in [1.807, 2.05) is 0 Å². The predicted molar refractivity (Wildman–Crippen MR) is 58.6 cm³/mol. The fourth-order valence-corrected chi connectivity index (χ4v) is 2.06. The van der Waals surface area contributed by atoms with E-state index in [-0.39, 0.29) is 0 Å². The Balaban J connectivity index is 3.40. The van der Waals surface area contributed by atoms with Crippen molar-refractivity contribution in [2.75, 3.05) is 5.88 Å². The van der Waals surface area contributed by atoms with Gasteiger partial charge in [0, 0.05) is 5.88 Å². The molecule has 0 fully saturated rings. The largest absolute Gasteiger partial charge is 0.190 e. The number of halogens is 4. The molecular weight excluding hydrogens is 238 g/mol. The average molecular weight is 252 g/mol. The van der Waals surface area contributed by atoms with E-state index in [4.69, 9.17) is 46.4 Å². The van der Waals surface area contributed by atoms with E-state index in [1.165, 1.54) is 0 Å². The van der Waals surface area contributed by atoms with Crippen molar-refractivity contribution in [2.45, 2.75) is 36.4 Å². The summed E-state index contributed by atoms with van der Waals surface area (Å²) >= 11 is 22.5. The van der Waals surface area contributed by atoms with Gasteiger partial charge < -0.3 is 0 Å². The van der Waals surface area contributed by atoms with Crippen LogP contribution in [0.4, 0.5) is 0 Å². The molecule has 0 radical (unpaired) electrons. The van der Waals surface area contributed by atoms with Gasteiger partial charge >= 0.3 is 0 Å². The van der Waals surface area contributed by atoms with Crippen molar-refractivity contribution < 1.29 is 0 Å². The molecule has 1 atom stereocenters. The summed E-state index contributed by atoms with van der Waals surface area (Å²) in [5.41, 5.74) is 0. The minimum atomic E-state index is -1.10. The fraction of sp³-hybridized carbons (Fsp3) is 1.00. The van der Waals surface area contributed by atoms with Crippen LogP contribution >= 0.6 is 46.4 Å². The highest BCUT2D eigenvalue weighted by Crippen LogP contribution is 2.34. The molecule has 0 rings (SSSR count). The van der Waals surface area contributed by atoms with E-state index in [2.05, 4.69) is 6.92 Å². The van der Waals surface area contributed by atoms with Gasteiger partial charge in [-0.2, -0.15) is 0 Å². The normalized spacial score (nSPS) is 14.8. The molecule has 74 valence electrons. The summed E-state index contributed by atoms with van der Waals surface area (Å²) in [6.45, 7) is 2.09. The molecule has 0 aliphatic rings. The van der Waals surface area contributed by atoms with Gasteiger partial charge in [-0.25, -0.2) is 0 Å². The molecule has 0 spiro atoms. The van der Waals surface area contributed by atoms with E-state index >= 15 is 0 Å². The molecule has 0 saturated carbocycles. The number of rotatable bonds is 5. The summed E-state index contributed by atoms with van der Waals surface area (Å²) in [5, 5.41) is 0. The van der Waals surface area contributed by atoms with Crippen LogP contribution < -0.4 is 0 Å². The molecule has 0 heterocycles. The second-order valence-electron chi connectivity index (χ2n) is 3.11. The fourth-order valence-electron chi connectivity index (χ4n) is 1.08. The molecule has 0 aliphatic heterocycles. The first-order chi connectivity index (χ1) is 5.45. The highest BCUT2D eigenvalue weighted by molar-refractivity contribution is 6.67. The molecule has 4 heteroatoms. The SMILES string of the molecule is CC(CCCCCl)CC(Cl)(Cl)Cl. The zero-order valence-corrected chi connectivity index (χ0v) is 10.1. The van der Waals surface area contributed by atoms with E-state index < -0.39 is 3.79 Å². The number of unbranched alkanes of at least 4 members (excludes halogenated alkanes) is 1. The maximum atomic E-state index is 5.65. The molecule has 0 N–H and O–H groups in total. The summed E-state index contributed by atoms with van der Waals surface area (Å²) < 4.78 is -1.10. The van der Waals surface area contributed by atoms with Crippen LogP contribution in [0, 0.1) is 5.92 Å². The molecule has 1 unspecified atom stereocenters. The maximum Gasteiger partial charge on any atom is 0.190 e. The van der Waals surface area contributed by atoms with Crippen molar-refractivity contribution in [1.29, 1.82) is 0 Å². The lowest BCUT2D eigenvalue weighted by Crippen LogP contribution is -2.09. The van der Waals surface area contributed by atoms with Crippen molar-refractivity contribution in [3.63, 3.8) is 0 Å². The minimum absolute atomic E-state index is 0.459. The Kier molecular flexibility index (Phi) is 7.23. The molecule has 0 saturated heterocycles. The molecule has 12 heavy (non-hydrogen) atoms. The van der Waals surface area contributed by atoms with E-state index in [0.717, 1.165) is 25.1 Å². The summed E-state index contributed by atoms with van der Waals surface area (Å²) in [6.07, 6.45) is 3.87. The van der Waals surface area contributed by atoms with Crippen molar-refractivity contribution in [3.8, 4) is 0 Å². The Morgan fingerprint density at radius 2 is 1.75 bits per heavy atom. The first kappa shape index (κ1) is 13.2. The maximum absolute atomic E-state index is 5.65. The minimum Gasteiger partial charge on any atom is -0.127 e. The second-order valence-corrected chi connectivity index (χ2v) is 6.00. The Bertz CT molecular complexity index is 108. The van der Waals surface area contributed by atoms with Crippen LogP contribution in [-0.4, -0.2) is 9.67 Å². The van der Waals surface area contributed by atoms with Crippen LogP contribution in [0.5, 0.6) is 0 Å². The number of hydrogen-bond donors (Lipinski definition) is 0. The number of alkyl halides is 4. The zero-order valence-electron chi connectivity index (χ0n) is 7.12. The molecule has 0 aliphatic carbocycles. The van der Waals surface area contributed by atoms with Gasteiger partial charge in [0.25, 0.3) is 0 Å². The lowest BCUT2D eigenvalue weighted by atomic mass is 10.0. The zero-order chi connectivity index (χ0) is 9.61. The predicted octanol–water partition coefficient (Wildman–Crippen LogP) is 4.79. The third kappa shape index (κ3) is 9.25. The number of hydrogen-bond acceptors (Lipinski definition) is 0. The van der Waals surface area contributed by atoms with Gasteiger partial charge in [0.15, 0.2) is 3.79 Å². The van der Waals surface area contributed by atoms with Crippen LogP contribution in [0.1, 0.15) is 32.6 Å². The average Bonchev–Trinajstić information content (AvgIpc) is 1.84. The van der Waals surface area contributed by atoms with Gasteiger partial charge in [0.1, 0.15) is 0 Å². The molecule has 0 aromatic carbocycles. The van der Waals surface area contributed by atoms with Gasteiger partial charge in [0.05, 0.1) is 0 Å².